The van der Waals surface area contributed by atoms with Gasteiger partial charge in [0.25, 0.3) is 0 Å². The number of fused-ring (bicyclic) bond motifs is 2. The zero-order valence-corrected chi connectivity index (χ0v) is 22.7. The van der Waals surface area contributed by atoms with E-state index in [0.717, 1.165) is 45.5 Å². The molecule has 0 saturated carbocycles. The molecule has 0 spiro atoms. The van der Waals surface area contributed by atoms with Crippen LogP contribution >= 0.6 is 0 Å². The third-order valence-electron chi connectivity index (χ3n) is 6.84. The Balaban J connectivity index is 1.67. The van der Waals surface area contributed by atoms with Crippen molar-refractivity contribution < 1.29 is 19.1 Å². The number of para-hydroxylation sites is 2. The molecule has 8 nitrogen and oxygen atoms in total. The summed E-state index contributed by atoms with van der Waals surface area (Å²) in [6.45, 7) is 7.71. The number of anilines is 1. The van der Waals surface area contributed by atoms with Crippen molar-refractivity contribution in [3.8, 4) is 0 Å². The van der Waals surface area contributed by atoms with Crippen molar-refractivity contribution in [1.29, 1.82) is 0 Å². The zero-order chi connectivity index (χ0) is 27.4. The summed E-state index contributed by atoms with van der Waals surface area (Å²) in [5.74, 6) is -0.909. The molecule has 2 aromatic carbocycles. The first-order valence-corrected chi connectivity index (χ1v) is 13.4. The molecule has 3 amide bonds. The van der Waals surface area contributed by atoms with Crippen molar-refractivity contribution in [1.82, 2.24) is 9.88 Å². The predicted octanol–water partition coefficient (Wildman–Crippen LogP) is 4.95. The lowest BCUT2D eigenvalue weighted by Gasteiger charge is -2.35. The fraction of sp³-hybridized carbons (Fsp3) is 0.433. The topological polar surface area (TPSA) is 109 Å². The van der Waals surface area contributed by atoms with E-state index < -0.39 is 29.7 Å². The van der Waals surface area contributed by atoms with Gasteiger partial charge >= 0.3 is 6.09 Å². The van der Waals surface area contributed by atoms with E-state index >= 15 is 0 Å². The SMILES string of the molecule is CCCC[C@@H](C(=O)N1CCc2ccccc21)N(C(=O)OC(C)(C)C)C(=O)[C@@H](N)Cc1c[nH]c2ccccc12. The highest BCUT2D eigenvalue weighted by Gasteiger charge is 2.42. The van der Waals surface area contributed by atoms with Crippen molar-refractivity contribution in [2.75, 3.05) is 11.4 Å². The molecule has 4 rings (SSSR count). The van der Waals surface area contributed by atoms with Crippen molar-refractivity contribution in [3.63, 3.8) is 0 Å². The van der Waals surface area contributed by atoms with E-state index in [9.17, 15) is 14.4 Å². The molecule has 0 radical (unpaired) electrons. The number of unbranched alkanes of at least 4 members (excludes halogenated alkanes) is 1. The molecule has 0 unspecified atom stereocenters. The van der Waals surface area contributed by atoms with Gasteiger partial charge in [-0.2, -0.15) is 0 Å². The van der Waals surface area contributed by atoms with Crippen molar-refractivity contribution in [3.05, 3.63) is 65.9 Å². The number of carbonyl (C=O) groups excluding carboxylic acids is 3. The number of nitrogens with zero attached hydrogens (tertiary/aromatic N) is 2. The smallest absolute Gasteiger partial charge is 0.417 e. The number of imide groups is 1. The summed E-state index contributed by atoms with van der Waals surface area (Å²) >= 11 is 0. The number of rotatable bonds is 8. The van der Waals surface area contributed by atoms with Gasteiger partial charge in [-0.15, -0.1) is 0 Å². The average molecular weight is 519 g/mol. The molecule has 2 atom stereocenters. The number of benzene rings is 2. The van der Waals surface area contributed by atoms with Gasteiger partial charge in [0.1, 0.15) is 11.6 Å². The number of nitrogens with two attached hydrogens (primary N) is 1. The lowest BCUT2D eigenvalue weighted by Crippen LogP contribution is -2.58. The second-order valence-corrected chi connectivity index (χ2v) is 10.9. The summed E-state index contributed by atoms with van der Waals surface area (Å²) in [5.41, 5.74) is 9.31. The predicted molar refractivity (Wildman–Crippen MR) is 149 cm³/mol. The third-order valence-corrected chi connectivity index (χ3v) is 6.84. The molecule has 3 aromatic rings. The maximum atomic E-state index is 14.0. The van der Waals surface area contributed by atoms with Gasteiger partial charge in [-0.05, 0) is 63.3 Å². The molecule has 0 aliphatic carbocycles. The quantitative estimate of drug-likeness (QED) is 0.439. The molecular weight excluding hydrogens is 480 g/mol. The summed E-state index contributed by atoms with van der Waals surface area (Å²) < 4.78 is 5.65. The van der Waals surface area contributed by atoms with Gasteiger partial charge in [-0.25, -0.2) is 9.69 Å². The Kier molecular flexibility index (Phi) is 8.21. The number of hydrogen-bond donors (Lipinski definition) is 2. The third kappa shape index (κ3) is 5.91. The van der Waals surface area contributed by atoms with E-state index in [1.165, 1.54) is 0 Å². The summed E-state index contributed by atoms with van der Waals surface area (Å²) in [4.78, 5) is 47.4. The minimum absolute atomic E-state index is 0.212. The molecule has 3 N–H and O–H groups in total. The van der Waals surface area contributed by atoms with Crippen LogP contribution in [0.4, 0.5) is 10.5 Å². The number of nitrogens with one attached hydrogen (secondary N) is 1. The molecule has 0 fully saturated rings. The molecule has 1 aliphatic heterocycles. The van der Waals surface area contributed by atoms with Crippen LogP contribution in [0.15, 0.2) is 54.7 Å². The van der Waals surface area contributed by atoms with E-state index in [0.29, 0.717) is 19.4 Å². The molecule has 0 bridgehead atoms. The van der Waals surface area contributed by atoms with Crippen LogP contribution in [0.3, 0.4) is 0 Å². The first kappa shape index (κ1) is 27.4. The number of amides is 3. The van der Waals surface area contributed by atoms with E-state index in [1.54, 1.807) is 25.7 Å². The minimum Gasteiger partial charge on any atom is -0.443 e. The Morgan fingerprint density at radius 2 is 1.82 bits per heavy atom. The van der Waals surface area contributed by atoms with Gasteiger partial charge < -0.3 is 20.4 Å². The van der Waals surface area contributed by atoms with Crippen molar-refractivity contribution in [2.24, 2.45) is 5.73 Å². The normalized spacial score (nSPS) is 14.7. The highest BCUT2D eigenvalue weighted by atomic mass is 16.6. The van der Waals surface area contributed by atoms with E-state index in [4.69, 9.17) is 10.5 Å². The minimum atomic E-state index is -1.04. The molecule has 8 heteroatoms. The Labute approximate surface area is 224 Å². The summed E-state index contributed by atoms with van der Waals surface area (Å²) in [7, 11) is 0. The largest absolute Gasteiger partial charge is 0.443 e. The fourth-order valence-corrected chi connectivity index (χ4v) is 4.99. The standard InChI is InChI=1S/C30H38N4O4/c1-5-6-14-26(28(36)33-17-16-20-11-7-10-15-25(20)33)34(29(37)38-30(2,3)4)27(35)23(31)18-21-19-32-24-13-9-8-12-22(21)24/h7-13,15,19,23,26,32H,5-6,14,16-18,31H2,1-4H3/t23-,26-/m0/s1. The molecule has 0 saturated heterocycles. The van der Waals surface area contributed by atoms with Gasteiger partial charge in [0.2, 0.25) is 11.8 Å². The number of ether oxygens (including phenoxy) is 1. The summed E-state index contributed by atoms with van der Waals surface area (Å²) in [6, 6.07) is 13.4. The second-order valence-electron chi connectivity index (χ2n) is 10.9. The first-order valence-electron chi connectivity index (χ1n) is 13.4. The molecular formula is C30H38N4O4. The number of aromatic nitrogens is 1. The van der Waals surface area contributed by atoms with E-state index in [1.807, 2.05) is 61.7 Å². The van der Waals surface area contributed by atoms with Gasteiger partial charge in [-0.1, -0.05) is 56.2 Å². The zero-order valence-electron chi connectivity index (χ0n) is 22.7. The Hall–Kier alpha value is -3.65. The molecule has 1 aromatic heterocycles. The fourth-order valence-electron chi connectivity index (χ4n) is 4.99. The highest BCUT2D eigenvalue weighted by Crippen LogP contribution is 2.30. The lowest BCUT2D eigenvalue weighted by molar-refractivity contribution is -0.139. The molecule has 38 heavy (non-hydrogen) atoms. The molecule has 202 valence electrons. The van der Waals surface area contributed by atoms with Crippen molar-refractivity contribution >= 4 is 34.5 Å². The van der Waals surface area contributed by atoms with Gasteiger partial charge in [-0.3, -0.25) is 9.59 Å². The number of hydrogen-bond acceptors (Lipinski definition) is 5. The van der Waals surface area contributed by atoms with Crippen LogP contribution in [0.1, 0.15) is 58.1 Å². The van der Waals surface area contributed by atoms with Crippen LogP contribution in [0.2, 0.25) is 0 Å². The van der Waals surface area contributed by atoms with Crippen LogP contribution in [0, 0.1) is 0 Å². The van der Waals surface area contributed by atoms with Gasteiger partial charge in [0.05, 0.1) is 6.04 Å². The van der Waals surface area contributed by atoms with Crippen LogP contribution in [0.25, 0.3) is 10.9 Å². The molecule has 1 aliphatic rings. The van der Waals surface area contributed by atoms with Crippen LogP contribution in [0.5, 0.6) is 0 Å². The summed E-state index contributed by atoms with van der Waals surface area (Å²) in [6.07, 6.45) is 3.72. The van der Waals surface area contributed by atoms with E-state index in [-0.39, 0.29) is 12.3 Å². The average Bonchev–Trinajstić information content (AvgIpc) is 3.49. The number of carbonyl (C=O) groups is 3. The number of H-pyrrole nitrogens is 1. The maximum absolute atomic E-state index is 14.0. The Morgan fingerprint density at radius 3 is 2.55 bits per heavy atom. The highest BCUT2D eigenvalue weighted by molar-refractivity contribution is 6.05. The second kappa shape index (κ2) is 11.4. The number of aromatic amines is 1. The molecule has 2 heterocycles. The monoisotopic (exact) mass is 518 g/mol. The van der Waals surface area contributed by atoms with Crippen LogP contribution < -0.4 is 10.6 Å². The van der Waals surface area contributed by atoms with Gasteiger partial charge in [0.15, 0.2) is 0 Å². The Bertz CT molecular complexity index is 1310. The first-order chi connectivity index (χ1) is 18.1. The van der Waals surface area contributed by atoms with Crippen molar-refractivity contribution in [2.45, 2.75) is 77.5 Å². The van der Waals surface area contributed by atoms with Crippen LogP contribution in [-0.2, 0) is 27.2 Å². The Morgan fingerprint density at radius 1 is 1.11 bits per heavy atom. The summed E-state index contributed by atoms with van der Waals surface area (Å²) in [5, 5.41) is 0.965. The van der Waals surface area contributed by atoms with E-state index in [2.05, 4.69) is 4.98 Å². The lowest BCUT2D eigenvalue weighted by atomic mass is 10.0. The maximum Gasteiger partial charge on any atom is 0.417 e. The van der Waals surface area contributed by atoms with Gasteiger partial charge in [0, 0.05) is 29.3 Å². The van der Waals surface area contributed by atoms with Crippen LogP contribution in [-0.4, -0.2) is 52.0 Å².